The van der Waals surface area contributed by atoms with Gasteiger partial charge in [-0.05, 0) is 24.1 Å². The van der Waals surface area contributed by atoms with Crippen molar-refractivity contribution < 1.29 is 0 Å². The first-order chi connectivity index (χ1) is 8.72. The molecule has 1 rings (SSSR count). The Kier molecular flexibility index (Phi) is 9.01. The lowest BCUT2D eigenvalue weighted by Crippen LogP contribution is -1.88. The van der Waals surface area contributed by atoms with Gasteiger partial charge in [0.2, 0.25) is 0 Å². The molecule has 0 fully saturated rings. The average Bonchev–Trinajstić information content (AvgIpc) is 2.42. The molecule has 0 heterocycles. The monoisotopic (exact) mass is 241 g/mol. The van der Waals surface area contributed by atoms with Crippen LogP contribution in [0.1, 0.15) is 26.3 Å². The zero-order valence-electron chi connectivity index (χ0n) is 11.6. The molecule has 0 aliphatic carbocycles. The van der Waals surface area contributed by atoms with Gasteiger partial charge in [0.05, 0.1) is 0 Å². The lowest BCUT2D eigenvalue weighted by molar-refractivity contribution is 1.31. The fourth-order valence-electron chi connectivity index (χ4n) is 1.18. The lowest BCUT2D eigenvalue weighted by atomic mass is 10.1. The molecular formula is C17H23N. The van der Waals surface area contributed by atoms with Crippen molar-refractivity contribution in [2.24, 2.45) is 5.73 Å². The van der Waals surface area contributed by atoms with Crippen molar-refractivity contribution in [3.63, 3.8) is 0 Å². The highest BCUT2D eigenvalue weighted by Crippen LogP contribution is 2.06. The molecule has 0 unspecified atom stereocenters. The summed E-state index contributed by atoms with van der Waals surface area (Å²) in [4.78, 5) is 0. The maximum absolute atomic E-state index is 5.56. The topological polar surface area (TPSA) is 26.0 Å². The van der Waals surface area contributed by atoms with Gasteiger partial charge in [0, 0.05) is 5.70 Å². The number of nitrogens with two attached hydrogens (primary N) is 1. The predicted molar refractivity (Wildman–Crippen MR) is 83.0 cm³/mol. The molecule has 1 nitrogen and oxygen atoms in total. The Morgan fingerprint density at radius 2 is 1.72 bits per heavy atom. The summed E-state index contributed by atoms with van der Waals surface area (Å²) in [6.07, 6.45) is 9.68. The van der Waals surface area contributed by atoms with Crippen LogP contribution in [0.25, 0.3) is 6.08 Å². The molecule has 2 N–H and O–H groups in total. The first kappa shape index (κ1) is 16.0. The highest BCUT2D eigenvalue weighted by atomic mass is 14.5. The van der Waals surface area contributed by atoms with Gasteiger partial charge in [-0.2, -0.15) is 0 Å². The Morgan fingerprint density at radius 1 is 1.11 bits per heavy atom. The summed E-state index contributed by atoms with van der Waals surface area (Å²) in [6, 6.07) is 10.1. The number of hydrogen-bond acceptors (Lipinski definition) is 1. The summed E-state index contributed by atoms with van der Waals surface area (Å²) in [5.74, 6) is 0. The van der Waals surface area contributed by atoms with Gasteiger partial charge in [0.15, 0.2) is 0 Å². The zero-order valence-corrected chi connectivity index (χ0v) is 11.6. The fraction of sp³-hybridized carbons (Fsp3) is 0.176. The minimum atomic E-state index is 0.785. The molecule has 0 aromatic heterocycles. The largest absolute Gasteiger partial charge is 0.402 e. The van der Waals surface area contributed by atoms with E-state index in [2.05, 4.69) is 18.7 Å². The second-order valence-corrected chi connectivity index (χ2v) is 3.53. The summed E-state index contributed by atoms with van der Waals surface area (Å²) in [7, 11) is 0. The van der Waals surface area contributed by atoms with Crippen LogP contribution in [-0.2, 0) is 0 Å². The van der Waals surface area contributed by atoms with Crippen LogP contribution in [0, 0.1) is 0 Å². The van der Waals surface area contributed by atoms with E-state index in [9.17, 15) is 0 Å². The first-order valence-electron chi connectivity index (χ1n) is 6.22. The molecule has 0 amide bonds. The maximum Gasteiger partial charge on any atom is 0.00490 e. The highest BCUT2D eigenvalue weighted by molar-refractivity contribution is 5.54. The third-order valence-corrected chi connectivity index (χ3v) is 2.04. The fourth-order valence-corrected chi connectivity index (χ4v) is 1.18. The molecule has 0 saturated heterocycles. The summed E-state index contributed by atoms with van der Waals surface area (Å²) < 4.78 is 0. The number of benzene rings is 1. The Labute approximate surface area is 111 Å². The van der Waals surface area contributed by atoms with Crippen molar-refractivity contribution in [2.45, 2.75) is 20.8 Å². The molecular weight excluding hydrogens is 218 g/mol. The lowest BCUT2D eigenvalue weighted by Gasteiger charge is -1.93. The minimum Gasteiger partial charge on any atom is -0.402 e. The second-order valence-electron chi connectivity index (χ2n) is 3.53. The van der Waals surface area contributed by atoms with Gasteiger partial charge in [0.25, 0.3) is 0 Å². The van der Waals surface area contributed by atoms with E-state index < -0.39 is 0 Å². The van der Waals surface area contributed by atoms with Crippen LogP contribution in [0.3, 0.4) is 0 Å². The SMILES string of the molecule is C=CC(/C=C/c1ccccc1)=C\C=C(/C)N.CC. The first-order valence-corrected chi connectivity index (χ1v) is 6.22. The number of rotatable bonds is 4. The van der Waals surface area contributed by atoms with Crippen LogP contribution in [0.4, 0.5) is 0 Å². The summed E-state index contributed by atoms with van der Waals surface area (Å²) >= 11 is 0. The Morgan fingerprint density at radius 3 is 2.22 bits per heavy atom. The number of allylic oxidation sites excluding steroid dienone is 6. The van der Waals surface area contributed by atoms with Gasteiger partial charge in [-0.25, -0.2) is 0 Å². The molecule has 96 valence electrons. The number of hydrogen-bond donors (Lipinski definition) is 1. The van der Waals surface area contributed by atoms with E-state index in [0.717, 1.165) is 11.3 Å². The minimum absolute atomic E-state index is 0.785. The molecule has 1 aromatic rings. The van der Waals surface area contributed by atoms with E-state index >= 15 is 0 Å². The molecule has 0 aliphatic rings. The summed E-state index contributed by atoms with van der Waals surface area (Å²) in [5, 5.41) is 0. The van der Waals surface area contributed by atoms with Gasteiger partial charge in [-0.1, -0.05) is 75.1 Å². The standard InChI is InChI=1S/C15H17N.C2H6/c1-3-14(10-9-13(2)16)11-12-15-7-5-4-6-8-15;1-2/h3-12H,1,16H2,2H3;1-2H3/b12-11+,13-9+,14-10+;. The smallest absolute Gasteiger partial charge is 0.00490 e. The highest BCUT2D eigenvalue weighted by Gasteiger charge is 1.85. The van der Waals surface area contributed by atoms with Gasteiger partial charge in [0.1, 0.15) is 0 Å². The normalized spacial score (nSPS) is 11.9. The second kappa shape index (κ2) is 10.2. The summed E-state index contributed by atoms with van der Waals surface area (Å²) in [6.45, 7) is 9.62. The average molecular weight is 241 g/mol. The molecule has 0 bridgehead atoms. The van der Waals surface area contributed by atoms with Crippen molar-refractivity contribution in [3.8, 4) is 0 Å². The van der Waals surface area contributed by atoms with E-state index in [0.29, 0.717) is 0 Å². The van der Waals surface area contributed by atoms with E-state index in [1.165, 1.54) is 5.56 Å². The van der Waals surface area contributed by atoms with Crippen LogP contribution in [-0.4, -0.2) is 0 Å². The van der Waals surface area contributed by atoms with E-state index in [1.807, 2.05) is 63.3 Å². The van der Waals surface area contributed by atoms with Gasteiger partial charge in [-0.3, -0.25) is 0 Å². The maximum atomic E-state index is 5.56. The predicted octanol–water partition coefficient (Wildman–Crippen LogP) is 4.70. The third kappa shape index (κ3) is 7.29. The molecule has 0 aliphatic heterocycles. The van der Waals surface area contributed by atoms with Crippen LogP contribution < -0.4 is 5.73 Å². The van der Waals surface area contributed by atoms with Crippen molar-refractivity contribution in [2.75, 3.05) is 0 Å². The van der Waals surface area contributed by atoms with E-state index in [1.54, 1.807) is 6.08 Å². The molecule has 1 heteroatoms. The van der Waals surface area contributed by atoms with Crippen molar-refractivity contribution in [1.29, 1.82) is 0 Å². The molecule has 0 spiro atoms. The van der Waals surface area contributed by atoms with E-state index in [-0.39, 0.29) is 0 Å². The zero-order chi connectivity index (χ0) is 13.8. The van der Waals surface area contributed by atoms with Gasteiger partial charge in [-0.15, -0.1) is 0 Å². The van der Waals surface area contributed by atoms with Crippen LogP contribution in [0.2, 0.25) is 0 Å². The molecule has 0 saturated carbocycles. The van der Waals surface area contributed by atoms with Crippen LogP contribution in [0.15, 0.2) is 72.5 Å². The van der Waals surface area contributed by atoms with Gasteiger partial charge >= 0.3 is 0 Å². The quantitative estimate of drug-likeness (QED) is 0.760. The van der Waals surface area contributed by atoms with Crippen molar-refractivity contribution in [1.82, 2.24) is 0 Å². The molecule has 18 heavy (non-hydrogen) atoms. The van der Waals surface area contributed by atoms with Crippen LogP contribution >= 0.6 is 0 Å². The Hall–Kier alpha value is -2.02. The third-order valence-electron chi connectivity index (χ3n) is 2.04. The Balaban J connectivity index is 0.00000137. The molecule has 0 atom stereocenters. The van der Waals surface area contributed by atoms with Gasteiger partial charge < -0.3 is 5.73 Å². The summed E-state index contributed by atoms with van der Waals surface area (Å²) in [5.41, 5.74) is 8.55. The molecule has 1 aromatic carbocycles. The van der Waals surface area contributed by atoms with E-state index in [4.69, 9.17) is 5.73 Å². The Bertz CT molecular complexity index is 418. The van der Waals surface area contributed by atoms with Crippen LogP contribution in [0.5, 0.6) is 0 Å². The van der Waals surface area contributed by atoms with Crippen molar-refractivity contribution in [3.05, 3.63) is 78.0 Å². The van der Waals surface area contributed by atoms with Crippen molar-refractivity contribution >= 4 is 6.08 Å². The molecule has 0 radical (unpaired) electrons.